The van der Waals surface area contributed by atoms with Gasteiger partial charge in [0.05, 0.1) is 17.1 Å². The first-order valence-electron chi connectivity index (χ1n) is 9.58. The maximum Gasteiger partial charge on any atom is 0.226 e. The van der Waals surface area contributed by atoms with E-state index in [4.69, 9.17) is 11.6 Å². The van der Waals surface area contributed by atoms with E-state index in [1.807, 2.05) is 77.8 Å². The van der Waals surface area contributed by atoms with Gasteiger partial charge in [0.15, 0.2) is 0 Å². The molecule has 152 valence electrons. The molecule has 0 fully saturated rings. The van der Waals surface area contributed by atoms with Gasteiger partial charge < -0.3 is 9.88 Å². The minimum absolute atomic E-state index is 0.0912. The van der Waals surface area contributed by atoms with Crippen molar-refractivity contribution in [3.63, 3.8) is 0 Å². The molecule has 7 heteroatoms. The molecule has 1 unspecified atom stereocenters. The third-order valence-electron chi connectivity index (χ3n) is 4.74. The summed E-state index contributed by atoms with van der Waals surface area (Å²) in [4.78, 5) is 21.9. The smallest absolute Gasteiger partial charge is 0.226 e. The summed E-state index contributed by atoms with van der Waals surface area (Å²) in [6.45, 7) is 0. The summed E-state index contributed by atoms with van der Waals surface area (Å²) in [5.41, 5.74) is 2.85. The van der Waals surface area contributed by atoms with Crippen molar-refractivity contribution in [2.75, 3.05) is 0 Å². The summed E-state index contributed by atoms with van der Waals surface area (Å²) in [5.74, 6) is 0.695. The zero-order valence-electron chi connectivity index (χ0n) is 16.5. The van der Waals surface area contributed by atoms with E-state index in [-0.39, 0.29) is 18.4 Å². The average molecular weight is 437 g/mol. The zero-order chi connectivity index (χ0) is 20.9. The number of carbonyl (C=O) groups is 1. The molecule has 0 radical (unpaired) electrons. The molecule has 2 heterocycles. The van der Waals surface area contributed by atoms with Gasteiger partial charge in [-0.2, -0.15) is 0 Å². The molecular weight excluding hydrogens is 416 g/mol. The largest absolute Gasteiger partial charge is 0.342 e. The standard InChI is InChI=1S/C23H21ClN4OS/c1-28-11-10-25-23(28)22(17-7-3-2-4-8-17)27-20(29)14-19-15-30-21(26-19)13-16-6-5-9-18(24)12-16/h2-12,15,22H,13-14H2,1H3,(H,27,29). The van der Waals surface area contributed by atoms with E-state index in [2.05, 4.69) is 15.3 Å². The first-order valence-corrected chi connectivity index (χ1v) is 10.8. The number of thiazole rings is 1. The number of aromatic nitrogens is 3. The Morgan fingerprint density at radius 1 is 1.20 bits per heavy atom. The van der Waals surface area contributed by atoms with Gasteiger partial charge in [0, 0.05) is 36.3 Å². The molecule has 0 aliphatic heterocycles. The Balaban J connectivity index is 1.45. The van der Waals surface area contributed by atoms with Crippen LogP contribution in [0.25, 0.3) is 0 Å². The Morgan fingerprint density at radius 3 is 2.77 bits per heavy atom. The van der Waals surface area contributed by atoms with Crippen molar-refractivity contribution in [3.05, 3.63) is 105 Å². The minimum Gasteiger partial charge on any atom is -0.342 e. The number of rotatable bonds is 7. The molecule has 0 spiro atoms. The van der Waals surface area contributed by atoms with E-state index in [1.165, 1.54) is 0 Å². The second-order valence-electron chi connectivity index (χ2n) is 7.02. The lowest BCUT2D eigenvalue weighted by atomic mass is 10.1. The highest BCUT2D eigenvalue weighted by Crippen LogP contribution is 2.21. The Hall–Kier alpha value is -2.96. The quantitative estimate of drug-likeness (QED) is 0.461. The molecule has 1 amide bonds. The topological polar surface area (TPSA) is 59.8 Å². The molecule has 1 N–H and O–H groups in total. The Bertz CT molecular complexity index is 1140. The van der Waals surface area contributed by atoms with Crippen molar-refractivity contribution in [3.8, 4) is 0 Å². The van der Waals surface area contributed by atoms with Crippen LogP contribution >= 0.6 is 22.9 Å². The number of aryl methyl sites for hydroxylation is 1. The van der Waals surface area contributed by atoms with Crippen LogP contribution in [0.3, 0.4) is 0 Å². The molecule has 4 aromatic rings. The molecule has 0 bridgehead atoms. The number of amides is 1. The van der Waals surface area contributed by atoms with Gasteiger partial charge in [0.2, 0.25) is 5.91 Å². The lowest BCUT2D eigenvalue weighted by Crippen LogP contribution is -2.32. The first-order chi connectivity index (χ1) is 14.6. The van der Waals surface area contributed by atoms with E-state index in [1.54, 1.807) is 17.5 Å². The van der Waals surface area contributed by atoms with Gasteiger partial charge in [-0.25, -0.2) is 9.97 Å². The van der Waals surface area contributed by atoms with Crippen LogP contribution in [0.15, 0.2) is 72.4 Å². The van der Waals surface area contributed by atoms with Crippen LogP contribution in [0.4, 0.5) is 0 Å². The molecule has 5 nitrogen and oxygen atoms in total. The van der Waals surface area contributed by atoms with Gasteiger partial charge in [-0.15, -0.1) is 11.3 Å². The number of nitrogens with one attached hydrogen (secondary N) is 1. The van der Waals surface area contributed by atoms with Gasteiger partial charge >= 0.3 is 0 Å². The number of halogens is 1. The second-order valence-corrected chi connectivity index (χ2v) is 8.40. The lowest BCUT2D eigenvalue weighted by Gasteiger charge is -2.19. The summed E-state index contributed by atoms with van der Waals surface area (Å²) in [6.07, 6.45) is 4.53. The number of carbonyl (C=O) groups excluding carboxylic acids is 1. The predicted octanol–water partition coefficient (Wildman–Crippen LogP) is 4.57. The van der Waals surface area contributed by atoms with Crippen molar-refractivity contribution in [2.24, 2.45) is 7.05 Å². The summed E-state index contributed by atoms with van der Waals surface area (Å²) in [5, 5.41) is 6.73. The van der Waals surface area contributed by atoms with E-state index in [9.17, 15) is 4.79 Å². The maximum absolute atomic E-state index is 12.8. The van der Waals surface area contributed by atoms with Crippen molar-refractivity contribution >= 4 is 28.8 Å². The van der Waals surface area contributed by atoms with E-state index in [0.29, 0.717) is 11.4 Å². The van der Waals surface area contributed by atoms with Gasteiger partial charge in [-0.1, -0.05) is 54.1 Å². The summed E-state index contributed by atoms with van der Waals surface area (Å²) >= 11 is 7.62. The fourth-order valence-corrected chi connectivity index (χ4v) is 4.35. The van der Waals surface area contributed by atoms with E-state index in [0.717, 1.165) is 27.7 Å². The molecule has 0 aliphatic carbocycles. The Labute approximate surface area is 184 Å². The minimum atomic E-state index is -0.316. The fourth-order valence-electron chi connectivity index (χ4n) is 3.31. The van der Waals surface area contributed by atoms with Gasteiger partial charge in [0.25, 0.3) is 0 Å². The molecule has 30 heavy (non-hydrogen) atoms. The highest BCUT2D eigenvalue weighted by molar-refractivity contribution is 7.09. The number of benzene rings is 2. The summed E-state index contributed by atoms with van der Waals surface area (Å²) < 4.78 is 1.92. The third kappa shape index (κ3) is 4.96. The van der Waals surface area contributed by atoms with Crippen LogP contribution in [-0.4, -0.2) is 20.4 Å². The number of nitrogens with zero attached hydrogens (tertiary/aromatic N) is 3. The van der Waals surface area contributed by atoms with E-state index >= 15 is 0 Å². The molecule has 2 aromatic carbocycles. The van der Waals surface area contributed by atoms with E-state index < -0.39 is 0 Å². The first kappa shape index (κ1) is 20.3. The highest BCUT2D eigenvalue weighted by atomic mass is 35.5. The SMILES string of the molecule is Cn1ccnc1C(NC(=O)Cc1csc(Cc2cccc(Cl)c2)n1)c1ccccc1. The van der Waals surface area contributed by atoms with Crippen LogP contribution in [-0.2, 0) is 24.7 Å². The molecule has 0 saturated heterocycles. The number of hydrogen-bond donors (Lipinski definition) is 1. The van der Waals surface area contributed by atoms with Gasteiger partial charge in [0.1, 0.15) is 11.9 Å². The Morgan fingerprint density at radius 2 is 2.03 bits per heavy atom. The van der Waals surface area contributed by atoms with Gasteiger partial charge in [-0.3, -0.25) is 4.79 Å². The average Bonchev–Trinajstić information content (AvgIpc) is 3.35. The molecular formula is C23H21ClN4OS. The highest BCUT2D eigenvalue weighted by Gasteiger charge is 2.21. The van der Waals surface area contributed by atoms with Crippen LogP contribution in [0.1, 0.15) is 33.7 Å². The number of imidazole rings is 1. The lowest BCUT2D eigenvalue weighted by molar-refractivity contribution is -0.121. The molecule has 2 aromatic heterocycles. The molecule has 1 atom stereocenters. The van der Waals surface area contributed by atoms with Crippen LogP contribution < -0.4 is 5.32 Å². The predicted molar refractivity (Wildman–Crippen MR) is 120 cm³/mol. The van der Waals surface area contributed by atoms with Crippen LogP contribution in [0, 0.1) is 0 Å². The molecule has 0 saturated carbocycles. The second kappa shape index (κ2) is 9.24. The monoisotopic (exact) mass is 436 g/mol. The number of hydrogen-bond acceptors (Lipinski definition) is 4. The maximum atomic E-state index is 12.8. The fraction of sp³-hybridized carbons (Fsp3) is 0.174. The van der Waals surface area contributed by atoms with Crippen molar-refractivity contribution in [1.29, 1.82) is 0 Å². The normalized spacial score (nSPS) is 11.9. The molecule has 0 aliphatic rings. The molecule has 4 rings (SSSR count). The third-order valence-corrected chi connectivity index (χ3v) is 5.87. The van der Waals surface area contributed by atoms with Crippen molar-refractivity contribution in [2.45, 2.75) is 18.9 Å². The summed E-state index contributed by atoms with van der Waals surface area (Å²) in [7, 11) is 1.92. The van der Waals surface area contributed by atoms with Crippen LogP contribution in [0.2, 0.25) is 5.02 Å². The van der Waals surface area contributed by atoms with Crippen molar-refractivity contribution < 1.29 is 4.79 Å². The summed E-state index contributed by atoms with van der Waals surface area (Å²) in [6, 6.07) is 17.3. The van der Waals surface area contributed by atoms with Crippen LogP contribution in [0.5, 0.6) is 0 Å². The Kier molecular flexibility index (Phi) is 6.26. The zero-order valence-corrected chi connectivity index (χ0v) is 18.0. The van der Waals surface area contributed by atoms with Gasteiger partial charge in [-0.05, 0) is 23.3 Å². The van der Waals surface area contributed by atoms with Crippen molar-refractivity contribution in [1.82, 2.24) is 19.9 Å².